The topological polar surface area (TPSA) is 8.17 Å². The van der Waals surface area contributed by atoms with Crippen LogP contribution in [0.2, 0.25) is 0 Å². The molecule has 312 valence electrons. The minimum absolute atomic E-state index is 0.433. The zero-order valence-corrected chi connectivity index (χ0v) is 36.6. The first-order chi connectivity index (χ1) is 33.2. The maximum absolute atomic E-state index is 2.48. The molecular formula is C65H42N2. The molecule has 1 aromatic heterocycles. The monoisotopic (exact) mass is 850 g/mol. The zero-order chi connectivity index (χ0) is 44.1. The summed E-state index contributed by atoms with van der Waals surface area (Å²) in [5, 5.41) is 4.98. The smallest absolute Gasteiger partial charge is 0.0726 e. The van der Waals surface area contributed by atoms with Crippen molar-refractivity contribution in [3.05, 3.63) is 277 Å². The lowest BCUT2D eigenvalue weighted by Crippen LogP contribution is -2.26. The van der Waals surface area contributed by atoms with Gasteiger partial charge in [0.15, 0.2) is 0 Å². The second-order valence-corrected chi connectivity index (χ2v) is 18.0. The Morgan fingerprint density at radius 3 is 1.45 bits per heavy atom. The molecule has 67 heavy (non-hydrogen) atoms. The van der Waals surface area contributed by atoms with Crippen molar-refractivity contribution in [3.8, 4) is 50.2 Å². The lowest BCUT2D eigenvalue weighted by molar-refractivity contribution is 0.793. The fourth-order valence-electron chi connectivity index (χ4n) is 11.7. The molecule has 2 aliphatic carbocycles. The highest BCUT2D eigenvalue weighted by Crippen LogP contribution is 2.63. The van der Waals surface area contributed by atoms with Crippen LogP contribution >= 0.6 is 0 Å². The lowest BCUT2D eigenvalue weighted by atomic mass is 9.70. The van der Waals surface area contributed by atoms with E-state index in [0.29, 0.717) is 0 Å². The minimum atomic E-state index is -0.433. The molecule has 11 aromatic carbocycles. The molecule has 0 saturated heterocycles. The van der Waals surface area contributed by atoms with Gasteiger partial charge in [-0.05, 0) is 144 Å². The third-order valence-corrected chi connectivity index (χ3v) is 14.6. The fourth-order valence-corrected chi connectivity index (χ4v) is 11.7. The van der Waals surface area contributed by atoms with Gasteiger partial charge >= 0.3 is 0 Å². The molecule has 1 heterocycles. The first-order valence-electron chi connectivity index (χ1n) is 23.2. The number of para-hydroxylation sites is 1. The number of fused-ring (bicyclic) bond motifs is 14. The molecule has 2 heteroatoms. The van der Waals surface area contributed by atoms with Gasteiger partial charge in [0.25, 0.3) is 0 Å². The van der Waals surface area contributed by atoms with Crippen molar-refractivity contribution in [1.29, 1.82) is 0 Å². The summed E-state index contributed by atoms with van der Waals surface area (Å²) in [5.74, 6) is 0. The second-order valence-electron chi connectivity index (χ2n) is 18.0. The van der Waals surface area contributed by atoms with Gasteiger partial charge < -0.3 is 9.47 Å². The Morgan fingerprint density at radius 2 is 0.776 bits per heavy atom. The Bertz CT molecular complexity index is 3850. The van der Waals surface area contributed by atoms with Crippen LogP contribution in [-0.2, 0) is 5.41 Å². The summed E-state index contributed by atoms with van der Waals surface area (Å²) in [5.41, 5.74) is 21.8. The summed E-state index contributed by atoms with van der Waals surface area (Å²) in [6, 6.07) is 94.3. The summed E-state index contributed by atoms with van der Waals surface area (Å²) in [4.78, 5) is 2.43. The molecule has 0 unspecified atom stereocenters. The van der Waals surface area contributed by atoms with Gasteiger partial charge in [-0.3, -0.25) is 0 Å². The van der Waals surface area contributed by atoms with E-state index in [0.717, 1.165) is 17.1 Å². The Morgan fingerprint density at radius 1 is 0.284 bits per heavy atom. The molecule has 2 aliphatic rings. The van der Waals surface area contributed by atoms with E-state index in [9.17, 15) is 0 Å². The number of anilines is 3. The normalized spacial score (nSPS) is 12.9. The molecule has 1 spiro atoms. The molecule has 0 fully saturated rings. The highest BCUT2D eigenvalue weighted by molar-refractivity contribution is 6.11. The molecule has 0 saturated carbocycles. The molecule has 2 nitrogen and oxygen atoms in total. The van der Waals surface area contributed by atoms with Crippen LogP contribution in [0, 0.1) is 0 Å². The Balaban J connectivity index is 0.912. The lowest BCUT2D eigenvalue weighted by Gasteiger charge is -2.32. The SMILES string of the molecule is c1ccc(-c2ccc(N(c3ccc(-c4ccc5c(c4)c4ccccc4n5-c4ccc5ccccc5c4)cc3)c3ccc4c(c3)C3(c5ccccc5-c5ccccc53)c3ccccc3-4)cc2)cc1. The van der Waals surface area contributed by atoms with E-state index in [1.165, 1.54) is 105 Å². The number of hydrogen-bond donors (Lipinski definition) is 0. The Labute approximate surface area is 389 Å². The third kappa shape index (κ3) is 5.57. The van der Waals surface area contributed by atoms with Gasteiger partial charge in [-0.2, -0.15) is 0 Å². The summed E-state index contributed by atoms with van der Waals surface area (Å²) in [6.07, 6.45) is 0. The van der Waals surface area contributed by atoms with E-state index in [4.69, 9.17) is 0 Å². The van der Waals surface area contributed by atoms with Crippen LogP contribution in [0.4, 0.5) is 17.1 Å². The third-order valence-electron chi connectivity index (χ3n) is 14.6. The van der Waals surface area contributed by atoms with E-state index in [-0.39, 0.29) is 0 Å². The molecule has 0 atom stereocenters. The largest absolute Gasteiger partial charge is 0.310 e. The number of hydrogen-bond acceptors (Lipinski definition) is 1. The molecule has 0 bridgehead atoms. The molecule has 0 radical (unpaired) electrons. The highest BCUT2D eigenvalue weighted by Gasteiger charge is 2.51. The van der Waals surface area contributed by atoms with E-state index in [1.807, 2.05) is 0 Å². The summed E-state index contributed by atoms with van der Waals surface area (Å²) < 4.78 is 2.41. The first-order valence-corrected chi connectivity index (χ1v) is 23.2. The van der Waals surface area contributed by atoms with Gasteiger partial charge in [-0.25, -0.2) is 0 Å². The number of benzene rings is 11. The van der Waals surface area contributed by atoms with Gasteiger partial charge in [-0.1, -0.05) is 188 Å². The van der Waals surface area contributed by atoms with Crippen molar-refractivity contribution >= 4 is 49.6 Å². The maximum Gasteiger partial charge on any atom is 0.0726 e. The highest BCUT2D eigenvalue weighted by atomic mass is 15.1. The first kappa shape index (κ1) is 37.6. The predicted molar refractivity (Wildman–Crippen MR) is 280 cm³/mol. The van der Waals surface area contributed by atoms with E-state index < -0.39 is 5.41 Å². The minimum Gasteiger partial charge on any atom is -0.310 e. The van der Waals surface area contributed by atoms with Crippen LogP contribution in [0.1, 0.15) is 22.3 Å². The molecule has 0 amide bonds. The van der Waals surface area contributed by atoms with Crippen LogP contribution in [0.25, 0.3) is 82.8 Å². The van der Waals surface area contributed by atoms with Gasteiger partial charge in [-0.15, -0.1) is 0 Å². The number of aromatic nitrogens is 1. The molecule has 0 aliphatic heterocycles. The Kier molecular flexibility index (Phi) is 8.23. The van der Waals surface area contributed by atoms with Crippen molar-refractivity contribution < 1.29 is 0 Å². The maximum atomic E-state index is 2.48. The van der Waals surface area contributed by atoms with Crippen molar-refractivity contribution in [1.82, 2.24) is 4.57 Å². The quantitative estimate of drug-likeness (QED) is 0.162. The standard InChI is InChI=1S/C65H42N2/c1-2-14-43(15-3-1)45-26-32-49(33-27-45)66(52-37-38-56-55-20-8-12-24-61(55)65(62(56)42-52)59-22-10-6-18-53(59)54-19-7-11-23-60(54)65)50-34-28-46(29-35-50)48-31-39-64-58(41-48)57-21-9-13-25-63(57)67(64)51-36-30-44-16-4-5-17-47(44)40-51/h1-42H. The molecule has 14 rings (SSSR count). The van der Waals surface area contributed by atoms with E-state index >= 15 is 0 Å². The van der Waals surface area contributed by atoms with Crippen LogP contribution in [-0.4, -0.2) is 4.57 Å². The van der Waals surface area contributed by atoms with Crippen LogP contribution in [0.15, 0.2) is 255 Å². The van der Waals surface area contributed by atoms with Gasteiger partial charge in [0, 0.05) is 33.5 Å². The molecule has 12 aromatic rings. The van der Waals surface area contributed by atoms with Crippen molar-refractivity contribution in [2.75, 3.05) is 4.90 Å². The average molecular weight is 851 g/mol. The van der Waals surface area contributed by atoms with Crippen LogP contribution < -0.4 is 4.90 Å². The summed E-state index contributed by atoms with van der Waals surface area (Å²) >= 11 is 0. The van der Waals surface area contributed by atoms with Crippen LogP contribution in [0.5, 0.6) is 0 Å². The average Bonchev–Trinajstić information content (AvgIpc) is 4.01. The van der Waals surface area contributed by atoms with Crippen molar-refractivity contribution in [2.45, 2.75) is 5.41 Å². The van der Waals surface area contributed by atoms with Gasteiger partial charge in [0.2, 0.25) is 0 Å². The fraction of sp³-hybridized carbons (Fsp3) is 0.0154. The zero-order valence-electron chi connectivity index (χ0n) is 36.6. The van der Waals surface area contributed by atoms with Gasteiger partial charge in [0.1, 0.15) is 0 Å². The van der Waals surface area contributed by atoms with Gasteiger partial charge in [0.05, 0.1) is 16.4 Å². The number of nitrogens with zero attached hydrogens (tertiary/aromatic N) is 2. The Hall–Kier alpha value is -8.72. The summed E-state index contributed by atoms with van der Waals surface area (Å²) in [6.45, 7) is 0. The van der Waals surface area contributed by atoms with E-state index in [2.05, 4.69) is 264 Å². The number of rotatable bonds is 6. The van der Waals surface area contributed by atoms with Crippen molar-refractivity contribution in [3.63, 3.8) is 0 Å². The summed E-state index contributed by atoms with van der Waals surface area (Å²) in [7, 11) is 0. The second kappa shape index (κ2) is 14.7. The predicted octanol–water partition coefficient (Wildman–Crippen LogP) is 17.1. The molecule has 0 N–H and O–H groups in total. The van der Waals surface area contributed by atoms with Crippen molar-refractivity contribution in [2.24, 2.45) is 0 Å². The molecular weight excluding hydrogens is 809 g/mol. The van der Waals surface area contributed by atoms with Crippen LogP contribution in [0.3, 0.4) is 0 Å². The van der Waals surface area contributed by atoms with E-state index in [1.54, 1.807) is 0 Å².